The maximum Gasteiger partial charge on any atom is 0.289 e. The lowest BCUT2D eigenvalue weighted by atomic mass is 10.1. The molecule has 0 aliphatic carbocycles. The van der Waals surface area contributed by atoms with Crippen molar-refractivity contribution in [2.24, 2.45) is 0 Å². The average molecular weight is 369 g/mol. The van der Waals surface area contributed by atoms with E-state index in [0.29, 0.717) is 18.5 Å². The predicted molar refractivity (Wildman–Crippen MR) is 99.7 cm³/mol. The minimum Gasteiger partial charge on any atom is -0.451 e. The number of sulfone groups is 1. The minimum atomic E-state index is -3.31. The van der Waals surface area contributed by atoms with Crippen LogP contribution in [0.25, 0.3) is 11.0 Å². The molecule has 1 aliphatic heterocycles. The minimum absolute atomic E-state index is 0.0431. The van der Waals surface area contributed by atoms with E-state index < -0.39 is 15.1 Å². The molecule has 1 atom stereocenters. The molecule has 1 fully saturated rings. The predicted octanol–water partition coefficient (Wildman–Crippen LogP) is 3.43. The highest BCUT2D eigenvalue weighted by Gasteiger charge is 2.33. The highest BCUT2D eigenvalue weighted by Crippen LogP contribution is 2.30. The molecule has 1 saturated heterocycles. The Morgan fingerprint density at radius 2 is 1.73 bits per heavy atom. The number of para-hydroxylation sites is 1. The molecule has 1 amide bonds. The monoisotopic (exact) mass is 369 g/mol. The van der Waals surface area contributed by atoms with Crippen LogP contribution in [0.3, 0.4) is 0 Å². The quantitative estimate of drug-likeness (QED) is 0.694. The number of benzene rings is 2. The molecule has 0 unspecified atom stereocenters. The molecule has 26 heavy (non-hydrogen) atoms. The number of carbonyl (C=O) groups excluding carboxylic acids is 1. The lowest BCUT2D eigenvalue weighted by Gasteiger charge is -2.18. The van der Waals surface area contributed by atoms with Gasteiger partial charge in [0.25, 0.3) is 5.91 Å². The summed E-state index contributed by atoms with van der Waals surface area (Å²) < 4.78 is 31.0. The van der Waals surface area contributed by atoms with Crippen LogP contribution in [-0.4, -0.2) is 38.1 Å². The Morgan fingerprint density at radius 1 is 1.00 bits per heavy atom. The van der Waals surface area contributed by atoms with Crippen LogP contribution in [0.2, 0.25) is 0 Å². The van der Waals surface area contributed by atoms with Gasteiger partial charge in [0.2, 0.25) is 0 Å². The summed E-state index contributed by atoms with van der Waals surface area (Å²) in [5, 5.41) is 0.289. The molecule has 0 spiro atoms. The van der Waals surface area contributed by atoms with Crippen LogP contribution in [-0.2, 0) is 9.84 Å². The number of fused-ring (bicyclic) bond motifs is 1. The summed E-state index contributed by atoms with van der Waals surface area (Å²) in [6, 6.07) is 18.4. The van der Waals surface area contributed by atoms with Crippen LogP contribution in [0.5, 0.6) is 0 Å². The molecule has 1 aromatic heterocycles. The van der Waals surface area contributed by atoms with Gasteiger partial charge in [0.05, 0.1) is 11.0 Å². The van der Waals surface area contributed by atoms with E-state index in [2.05, 4.69) is 0 Å². The fourth-order valence-electron chi connectivity index (χ4n) is 3.43. The summed E-state index contributed by atoms with van der Waals surface area (Å²) in [4.78, 5) is 14.4. The van der Waals surface area contributed by atoms with Crippen LogP contribution in [0.4, 0.5) is 0 Å². The Hall–Kier alpha value is -2.60. The summed E-state index contributed by atoms with van der Waals surface area (Å²) in [6.45, 7) is 0.566. The van der Waals surface area contributed by atoms with E-state index in [1.54, 1.807) is 11.0 Å². The van der Waals surface area contributed by atoms with Gasteiger partial charge in [0, 0.05) is 18.5 Å². The number of carbonyl (C=O) groups is 1. The Labute approximate surface area is 152 Å². The molecule has 6 heteroatoms. The number of furan rings is 1. The zero-order valence-corrected chi connectivity index (χ0v) is 15.0. The van der Waals surface area contributed by atoms with Gasteiger partial charge in [-0.2, -0.15) is 0 Å². The van der Waals surface area contributed by atoms with Crippen LogP contribution in [0.1, 0.15) is 27.8 Å². The first-order valence-electron chi connectivity index (χ1n) is 8.59. The topological polar surface area (TPSA) is 67.6 Å². The van der Waals surface area contributed by atoms with E-state index >= 15 is 0 Å². The van der Waals surface area contributed by atoms with Gasteiger partial charge in [-0.3, -0.25) is 4.79 Å². The van der Waals surface area contributed by atoms with E-state index in [0.717, 1.165) is 10.9 Å². The lowest BCUT2D eigenvalue weighted by molar-refractivity contribution is 0.0737. The van der Waals surface area contributed by atoms with Gasteiger partial charge in [0.1, 0.15) is 5.58 Å². The summed E-state index contributed by atoms with van der Waals surface area (Å²) in [5.74, 6) is -0.0507. The zero-order chi connectivity index (χ0) is 18.1. The molecule has 5 nitrogen and oxygen atoms in total. The van der Waals surface area contributed by atoms with E-state index in [9.17, 15) is 13.2 Å². The molecular formula is C20H19NO4S. The van der Waals surface area contributed by atoms with Crippen LogP contribution in [0.15, 0.2) is 65.1 Å². The second-order valence-electron chi connectivity index (χ2n) is 6.50. The zero-order valence-electron chi connectivity index (χ0n) is 14.2. The van der Waals surface area contributed by atoms with Crippen LogP contribution < -0.4 is 0 Å². The van der Waals surface area contributed by atoms with Crippen molar-refractivity contribution in [2.45, 2.75) is 11.7 Å². The van der Waals surface area contributed by atoms with E-state index in [1.807, 2.05) is 54.6 Å². The van der Waals surface area contributed by atoms with Gasteiger partial charge >= 0.3 is 0 Å². The first kappa shape index (κ1) is 16.8. The molecule has 1 aliphatic rings. The van der Waals surface area contributed by atoms with Crippen molar-refractivity contribution in [1.82, 2.24) is 4.90 Å². The second kappa shape index (κ2) is 6.61. The van der Waals surface area contributed by atoms with Gasteiger partial charge in [-0.05, 0) is 24.1 Å². The maximum atomic E-state index is 12.8. The van der Waals surface area contributed by atoms with E-state index in [4.69, 9.17) is 4.42 Å². The smallest absolute Gasteiger partial charge is 0.289 e. The fourth-order valence-corrected chi connectivity index (χ4v) is 5.23. The third kappa shape index (κ3) is 3.12. The molecule has 3 aromatic rings. The van der Waals surface area contributed by atoms with Crippen molar-refractivity contribution in [3.8, 4) is 0 Å². The van der Waals surface area contributed by atoms with Crippen LogP contribution in [0, 0.1) is 0 Å². The SMILES string of the molecule is O=C(c1cc2ccccc2o1)N1CC[C@H](c2ccccc2)S(=O)(=O)CC1. The van der Waals surface area contributed by atoms with Crippen molar-refractivity contribution in [1.29, 1.82) is 0 Å². The number of hydrogen-bond acceptors (Lipinski definition) is 4. The highest BCUT2D eigenvalue weighted by atomic mass is 32.2. The van der Waals surface area contributed by atoms with Crippen molar-refractivity contribution >= 4 is 26.7 Å². The van der Waals surface area contributed by atoms with E-state index in [1.165, 1.54) is 0 Å². The number of amides is 1. The normalized spacial score (nSPS) is 20.0. The van der Waals surface area contributed by atoms with Crippen LogP contribution >= 0.6 is 0 Å². The Kier molecular flexibility index (Phi) is 4.28. The number of rotatable bonds is 2. The summed E-state index contributed by atoms with van der Waals surface area (Å²) in [7, 11) is -3.31. The Morgan fingerprint density at radius 3 is 2.50 bits per heavy atom. The lowest BCUT2D eigenvalue weighted by Crippen LogP contribution is -2.33. The molecule has 0 radical (unpaired) electrons. The Balaban J connectivity index is 1.58. The number of hydrogen-bond donors (Lipinski definition) is 0. The first-order chi connectivity index (χ1) is 12.5. The average Bonchev–Trinajstić information content (AvgIpc) is 3.01. The first-order valence-corrected chi connectivity index (χ1v) is 10.3. The van der Waals surface area contributed by atoms with Crippen molar-refractivity contribution < 1.29 is 17.6 Å². The van der Waals surface area contributed by atoms with Gasteiger partial charge < -0.3 is 9.32 Å². The van der Waals surface area contributed by atoms with Gasteiger partial charge in [-0.25, -0.2) is 8.42 Å². The third-order valence-electron chi connectivity index (χ3n) is 4.84. The Bertz CT molecular complexity index is 1010. The molecule has 2 aromatic carbocycles. The summed E-state index contributed by atoms with van der Waals surface area (Å²) in [6.07, 6.45) is 0.387. The molecule has 0 N–H and O–H groups in total. The number of nitrogens with zero attached hydrogens (tertiary/aromatic N) is 1. The van der Waals surface area contributed by atoms with Gasteiger partial charge in [-0.1, -0.05) is 48.5 Å². The van der Waals surface area contributed by atoms with E-state index in [-0.39, 0.29) is 24.0 Å². The second-order valence-corrected chi connectivity index (χ2v) is 8.80. The van der Waals surface area contributed by atoms with Gasteiger partial charge in [-0.15, -0.1) is 0 Å². The molecule has 134 valence electrons. The maximum absolute atomic E-state index is 12.8. The van der Waals surface area contributed by atoms with Crippen molar-refractivity contribution in [2.75, 3.05) is 18.8 Å². The standard InChI is InChI=1S/C20H19NO4S/c22-20(18-14-16-8-4-5-9-17(16)25-18)21-11-10-19(26(23,24)13-12-21)15-6-2-1-3-7-15/h1-9,14,19H,10-13H2/t19-/m1/s1. The van der Waals surface area contributed by atoms with Crippen molar-refractivity contribution in [3.05, 3.63) is 72.0 Å². The third-order valence-corrected chi connectivity index (χ3v) is 6.96. The molecule has 0 saturated carbocycles. The molecule has 4 rings (SSSR count). The summed E-state index contributed by atoms with van der Waals surface area (Å²) in [5.41, 5.74) is 1.44. The molecular weight excluding hydrogens is 350 g/mol. The fraction of sp³-hybridized carbons (Fsp3) is 0.250. The molecule has 2 heterocycles. The van der Waals surface area contributed by atoms with Gasteiger partial charge in [0.15, 0.2) is 15.6 Å². The summed E-state index contributed by atoms with van der Waals surface area (Å²) >= 11 is 0. The largest absolute Gasteiger partial charge is 0.451 e. The highest BCUT2D eigenvalue weighted by molar-refractivity contribution is 7.91. The van der Waals surface area contributed by atoms with Crippen molar-refractivity contribution in [3.63, 3.8) is 0 Å². The molecule has 0 bridgehead atoms.